The van der Waals surface area contributed by atoms with E-state index in [-0.39, 0.29) is 0 Å². The summed E-state index contributed by atoms with van der Waals surface area (Å²) in [5.41, 5.74) is 0. The Bertz CT molecular complexity index is 151. The standard InChI is InChI=1S/C14H31NO2/c1-13(2)11-15-12-14(3)7-5-6-8-17-10-9-16-4/h13-15H,5-12H2,1-4H3. The molecule has 0 heterocycles. The summed E-state index contributed by atoms with van der Waals surface area (Å²) < 4.78 is 10.3. The van der Waals surface area contributed by atoms with Crippen molar-refractivity contribution in [3.8, 4) is 0 Å². The zero-order chi connectivity index (χ0) is 12.9. The highest BCUT2D eigenvalue weighted by molar-refractivity contribution is 4.58. The Labute approximate surface area is 107 Å². The van der Waals surface area contributed by atoms with Crippen LogP contribution in [0.4, 0.5) is 0 Å². The van der Waals surface area contributed by atoms with Crippen molar-refractivity contribution in [3.63, 3.8) is 0 Å². The molecule has 1 unspecified atom stereocenters. The van der Waals surface area contributed by atoms with E-state index in [0.29, 0.717) is 6.61 Å². The van der Waals surface area contributed by atoms with Crippen LogP contribution in [0.15, 0.2) is 0 Å². The smallest absolute Gasteiger partial charge is 0.0700 e. The van der Waals surface area contributed by atoms with Crippen molar-refractivity contribution in [2.24, 2.45) is 11.8 Å². The fourth-order valence-corrected chi connectivity index (χ4v) is 1.66. The summed E-state index contributed by atoms with van der Waals surface area (Å²) >= 11 is 0. The first-order valence-corrected chi connectivity index (χ1v) is 6.94. The van der Waals surface area contributed by atoms with E-state index in [1.54, 1.807) is 7.11 Å². The first-order chi connectivity index (χ1) is 8.16. The lowest BCUT2D eigenvalue weighted by Crippen LogP contribution is -2.25. The van der Waals surface area contributed by atoms with Crippen LogP contribution in [0.1, 0.15) is 40.0 Å². The van der Waals surface area contributed by atoms with Crippen molar-refractivity contribution in [3.05, 3.63) is 0 Å². The number of nitrogens with one attached hydrogen (secondary N) is 1. The van der Waals surface area contributed by atoms with Crippen molar-refractivity contribution >= 4 is 0 Å². The van der Waals surface area contributed by atoms with Gasteiger partial charge in [-0.25, -0.2) is 0 Å². The van der Waals surface area contributed by atoms with Gasteiger partial charge in [-0.3, -0.25) is 0 Å². The third-order valence-corrected chi connectivity index (χ3v) is 2.71. The van der Waals surface area contributed by atoms with E-state index in [2.05, 4.69) is 26.1 Å². The van der Waals surface area contributed by atoms with Crippen molar-refractivity contribution in [1.29, 1.82) is 0 Å². The third kappa shape index (κ3) is 13.8. The van der Waals surface area contributed by atoms with Gasteiger partial charge in [0.2, 0.25) is 0 Å². The summed E-state index contributed by atoms with van der Waals surface area (Å²) in [5, 5.41) is 3.51. The quantitative estimate of drug-likeness (QED) is 0.536. The SMILES string of the molecule is COCCOCCCCC(C)CNCC(C)C. The van der Waals surface area contributed by atoms with Crippen molar-refractivity contribution in [1.82, 2.24) is 5.32 Å². The average molecular weight is 245 g/mol. The molecule has 0 aliphatic heterocycles. The summed E-state index contributed by atoms with van der Waals surface area (Å²) in [6.45, 7) is 11.4. The highest BCUT2D eigenvalue weighted by Crippen LogP contribution is 2.07. The minimum Gasteiger partial charge on any atom is -0.382 e. The molecule has 0 amide bonds. The number of hydrogen-bond donors (Lipinski definition) is 1. The molecule has 0 aliphatic carbocycles. The highest BCUT2D eigenvalue weighted by atomic mass is 16.5. The van der Waals surface area contributed by atoms with Crippen LogP contribution in [0.25, 0.3) is 0 Å². The predicted octanol–water partition coefficient (Wildman–Crippen LogP) is 2.70. The van der Waals surface area contributed by atoms with E-state index in [1.807, 2.05) is 0 Å². The molecule has 0 radical (unpaired) electrons. The molecular weight excluding hydrogens is 214 g/mol. The molecule has 0 rings (SSSR count). The Morgan fingerprint density at radius 2 is 1.71 bits per heavy atom. The van der Waals surface area contributed by atoms with E-state index in [0.717, 1.165) is 44.6 Å². The maximum atomic E-state index is 5.43. The summed E-state index contributed by atoms with van der Waals surface area (Å²) in [6.07, 6.45) is 3.72. The van der Waals surface area contributed by atoms with Crippen LogP contribution < -0.4 is 5.32 Å². The number of ether oxygens (including phenoxy) is 2. The van der Waals surface area contributed by atoms with E-state index < -0.39 is 0 Å². The summed E-state index contributed by atoms with van der Waals surface area (Å²) in [4.78, 5) is 0. The zero-order valence-electron chi connectivity index (χ0n) is 12.1. The van der Waals surface area contributed by atoms with Gasteiger partial charge >= 0.3 is 0 Å². The molecule has 17 heavy (non-hydrogen) atoms. The van der Waals surface area contributed by atoms with Crippen LogP contribution in [-0.2, 0) is 9.47 Å². The maximum absolute atomic E-state index is 5.43. The normalized spacial score (nSPS) is 13.2. The van der Waals surface area contributed by atoms with Crippen LogP contribution in [0, 0.1) is 11.8 Å². The van der Waals surface area contributed by atoms with Crippen LogP contribution >= 0.6 is 0 Å². The van der Waals surface area contributed by atoms with Crippen LogP contribution in [0.2, 0.25) is 0 Å². The molecule has 0 aromatic heterocycles. The fourth-order valence-electron chi connectivity index (χ4n) is 1.66. The zero-order valence-corrected chi connectivity index (χ0v) is 12.1. The van der Waals surface area contributed by atoms with Gasteiger partial charge in [0.05, 0.1) is 13.2 Å². The molecule has 1 atom stereocenters. The largest absolute Gasteiger partial charge is 0.382 e. The molecule has 104 valence electrons. The lowest BCUT2D eigenvalue weighted by atomic mass is 10.0. The van der Waals surface area contributed by atoms with Gasteiger partial charge in [-0.15, -0.1) is 0 Å². The first kappa shape index (κ1) is 16.9. The fraction of sp³-hybridized carbons (Fsp3) is 1.00. The van der Waals surface area contributed by atoms with Gasteiger partial charge in [0, 0.05) is 13.7 Å². The molecular formula is C14H31NO2. The van der Waals surface area contributed by atoms with E-state index in [1.165, 1.54) is 12.8 Å². The Morgan fingerprint density at radius 3 is 2.35 bits per heavy atom. The van der Waals surface area contributed by atoms with E-state index >= 15 is 0 Å². The lowest BCUT2D eigenvalue weighted by Gasteiger charge is -2.13. The molecule has 0 aromatic rings. The van der Waals surface area contributed by atoms with Crippen LogP contribution in [0.5, 0.6) is 0 Å². The van der Waals surface area contributed by atoms with Gasteiger partial charge in [0.25, 0.3) is 0 Å². The molecule has 1 N–H and O–H groups in total. The number of hydrogen-bond acceptors (Lipinski definition) is 3. The van der Waals surface area contributed by atoms with Crippen molar-refractivity contribution in [2.45, 2.75) is 40.0 Å². The molecule has 0 saturated carbocycles. The van der Waals surface area contributed by atoms with Gasteiger partial charge in [0.1, 0.15) is 0 Å². The minimum atomic E-state index is 0.704. The Kier molecular flexibility index (Phi) is 12.3. The summed E-state index contributed by atoms with van der Waals surface area (Å²) in [5.74, 6) is 1.52. The molecule has 3 nitrogen and oxygen atoms in total. The van der Waals surface area contributed by atoms with Gasteiger partial charge in [-0.2, -0.15) is 0 Å². The molecule has 0 saturated heterocycles. The average Bonchev–Trinajstić information content (AvgIpc) is 2.27. The Hall–Kier alpha value is -0.120. The topological polar surface area (TPSA) is 30.5 Å². The number of methoxy groups -OCH3 is 1. The van der Waals surface area contributed by atoms with E-state index in [4.69, 9.17) is 9.47 Å². The number of unbranched alkanes of at least 4 members (excludes halogenated alkanes) is 1. The van der Waals surface area contributed by atoms with Gasteiger partial charge in [-0.1, -0.05) is 27.2 Å². The van der Waals surface area contributed by atoms with E-state index in [9.17, 15) is 0 Å². The second-order valence-electron chi connectivity index (χ2n) is 5.26. The number of rotatable bonds is 12. The van der Waals surface area contributed by atoms with Crippen molar-refractivity contribution < 1.29 is 9.47 Å². The minimum absolute atomic E-state index is 0.704. The molecule has 0 aromatic carbocycles. The monoisotopic (exact) mass is 245 g/mol. The van der Waals surface area contributed by atoms with Crippen LogP contribution in [0.3, 0.4) is 0 Å². The van der Waals surface area contributed by atoms with Gasteiger partial charge in [0.15, 0.2) is 0 Å². The maximum Gasteiger partial charge on any atom is 0.0700 e. The first-order valence-electron chi connectivity index (χ1n) is 6.94. The lowest BCUT2D eigenvalue weighted by molar-refractivity contribution is 0.0682. The Morgan fingerprint density at radius 1 is 0.941 bits per heavy atom. The van der Waals surface area contributed by atoms with Gasteiger partial charge in [-0.05, 0) is 37.8 Å². The van der Waals surface area contributed by atoms with Crippen molar-refractivity contribution in [2.75, 3.05) is 40.0 Å². The predicted molar refractivity (Wildman–Crippen MR) is 73.4 cm³/mol. The molecule has 0 bridgehead atoms. The van der Waals surface area contributed by atoms with Crippen LogP contribution in [-0.4, -0.2) is 40.0 Å². The molecule has 0 aliphatic rings. The molecule has 0 fully saturated rings. The second-order valence-corrected chi connectivity index (χ2v) is 5.26. The highest BCUT2D eigenvalue weighted by Gasteiger charge is 2.02. The Balaban J connectivity index is 3.13. The summed E-state index contributed by atoms with van der Waals surface area (Å²) in [6, 6.07) is 0. The summed E-state index contributed by atoms with van der Waals surface area (Å²) in [7, 11) is 1.70. The third-order valence-electron chi connectivity index (χ3n) is 2.71. The molecule has 0 spiro atoms. The molecule has 3 heteroatoms. The second kappa shape index (κ2) is 12.3. The van der Waals surface area contributed by atoms with Gasteiger partial charge < -0.3 is 14.8 Å².